The molecule has 0 fully saturated rings. The first kappa shape index (κ1) is 25.5. The molecule has 0 unspecified atom stereocenters. The highest BCUT2D eigenvalue weighted by atomic mass is 16.5. The summed E-state index contributed by atoms with van der Waals surface area (Å²) in [5.41, 5.74) is 2.82. The van der Waals surface area contributed by atoms with Crippen molar-refractivity contribution in [2.24, 2.45) is 11.8 Å². The number of rotatable bonds is 8. The molecule has 3 rings (SSSR count). The Balaban J connectivity index is 2.19. The van der Waals surface area contributed by atoms with Crippen LogP contribution in [-0.4, -0.2) is 37.5 Å². The van der Waals surface area contributed by atoms with Crippen LogP contribution in [0.25, 0.3) is 0 Å². The van der Waals surface area contributed by atoms with Crippen LogP contribution < -0.4 is 10.1 Å². The molecule has 2 aliphatic rings. The van der Waals surface area contributed by atoms with Crippen LogP contribution in [0.5, 0.6) is 5.75 Å². The Morgan fingerprint density at radius 1 is 1.21 bits per heavy atom. The zero-order valence-electron chi connectivity index (χ0n) is 20.9. The van der Waals surface area contributed by atoms with Crippen molar-refractivity contribution in [1.82, 2.24) is 5.32 Å². The van der Waals surface area contributed by atoms with E-state index >= 15 is 0 Å². The number of benzene rings is 1. The van der Waals surface area contributed by atoms with Crippen LogP contribution in [0.15, 0.2) is 46.8 Å². The highest BCUT2D eigenvalue weighted by Crippen LogP contribution is 2.47. The third kappa shape index (κ3) is 5.03. The summed E-state index contributed by atoms with van der Waals surface area (Å²) in [6, 6.07) is 7.45. The second-order valence-electron chi connectivity index (χ2n) is 9.23. The lowest BCUT2D eigenvalue weighted by Gasteiger charge is -2.38. The molecular formula is C27H35NO6. The maximum absolute atomic E-state index is 13.8. The number of hydrogen-bond donors (Lipinski definition) is 1. The summed E-state index contributed by atoms with van der Waals surface area (Å²) in [4.78, 5) is 39.7. The van der Waals surface area contributed by atoms with Crippen molar-refractivity contribution in [3.8, 4) is 5.75 Å². The van der Waals surface area contributed by atoms with E-state index in [0.29, 0.717) is 41.2 Å². The molecule has 1 aliphatic carbocycles. The van der Waals surface area contributed by atoms with Crippen molar-refractivity contribution < 1.29 is 28.6 Å². The number of esters is 2. The molecule has 34 heavy (non-hydrogen) atoms. The van der Waals surface area contributed by atoms with Crippen LogP contribution in [-0.2, 0) is 23.9 Å². The van der Waals surface area contributed by atoms with Gasteiger partial charge in [-0.3, -0.25) is 9.59 Å². The van der Waals surface area contributed by atoms with Crippen molar-refractivity contribution in [1.29, 1.82) is 0 Å². The molecule has 1 aliphatic heterocycles. The molecule has 184 valence electrons. The predicted octanol–water partition coefficient (Wildman–Crippen LogP) is 4.43. The normalized spacial score (nSPS) is 22.3. The van der Waals surface area contributed by atoms with Gasteiger partial charge in [-0.05, 0) is 45.6 Å². The van der Waals surface area contributed by atoms with E-state index in [-0.39, 0.29) is 17.8 Å². The number of allylic oxidation sites excluding steroid dienone is 3. The number of hydrogen-bond acceptors (Lipinski definition) is 7. The Labute approximate surface area is 201 Å². The van der Waals surface area contributed by atoms with E-state index in [1.54, 1.807) is 13.8 Å². The lowest BCUT2D eigenvalue weighted by molar-refractivity contribution is -0.151. The van der Waals surface area contributed by atoms with Crippen molar-refractivity contribution >= 4 is 17.7 Å². The number of ether oxygens (including phenoxy) is 3. The number of Topliss-reactive ketones (excluding diaryl/α,β-unsaturated/α-hetero) is 1. The molecule has 7 nitrogen and oxygen atoms in total. The van der Waals surface area contributed by atoms with Gasteiger partial charge in [0, 0.05) is 22.5 Å². The van der Waals surface area contributed by atoms with Gasteiger partial charge in [-0.15, -0.1) is 0 Å². The summed E-state index contributed by atoms with van der Waals surface area (Å²) in [7, 11) is 1.29. The number of dihydropyridines is 1. The zero-order chi connectivity index (χ0) is 25.0. The van der Waals surface area contributed by atoms with Gasteiger partial charge in [-0.25, -0.2) is 4.79 Å². The standard InChI is InChI=1S/C27H35NO6/c1-7-8-13-33-20-12-10-9-11-18(20)23-22(27(31)34-15(2)3)17(5)28-19-14-16(4)21(26(30)32-6)25(29)24(19)23/h9-12,15-16,21,23,28H,7-8,13-14H2,1-6H3/t16-,21+,23+/m1/s1. The molecule has 1 heterocycles. The van der Waals surface area contributed by atoms with Gasteiger partial charge in [0.05, 0.1) is 31.3 Å². The molecule has 0 saturated heterocycles. The van der Waals surface area contributed by atoms with E-state index in [4.69, 9.17) is 14.2 Å². The predicted molar refractivity (Wildman–Crippen MR) is 128 cm³/mol. The molecule has 0 aromatic heterocycles. The Morgan fingerprint density at radius 3 is 2.56 bits per heavy atom. The van der Waals surface area contributed by atoms with Gasteiger partial charge in [-0.1, -0.05) is 38.5 Å². The molecule has 0 radical (unpaired) electrons. The van der Waals surface area contributed by atoms with Crippen LogP contribution in [0.2, 0.25) is 0 Å². The summed E-state index contributed by atoms with van der Waals surface area (Å²) in [6.45, 7) is 9.85. The number of methoxy groups -OCH3 is 1. The van der Waals surface area contributed by atoms with Crippen molar-refractivity contribution in [2.45, 2.75) is 65.9 Å². The second-order valence-corrected chi connectivity index (χ2v) is 9.23. The van der Waals surface area contributed by atoms with Crippen molar-refractivity contribution in [3.63, 3.8) is 0 Å². The Bertz CT molecular complexity index is 1020. The van der Waals surface area contributed by atoms with E-state index in [1.807, 2.05) is 38.1 Å². The van der Waals surface area contributed by atoms with Gasteiger partial charge in [0.15, 0.2) is 5.78 Å². The SMILES string of the molecule is CCCCOc1ccccc1[C@H]1C(C(=O)OC(C)C)=C(C)NC2=C1C(=O)[C@@H](C(=O)OC)[C@H](C)C2. The molecule has 3 atom stereocenters. The van der Waals surface area contributed by atoms with E-state index in [1.165, 1.54) is 7.11 Å². The number of carbonyl (C=O) groups excluding carboxylic acids is 3. The molecule has 1 N–H and O–H groups in total. The molecule has 0 bridgehead atoms. The van der Waals surface area contributed by atoms with E-state index < -0.39 is 23.8 Å². The highest BCUT2D eigenvalue weighted by Gasteiger charge is 2.47. The average Bonchev–Trinajstić information content (AvgIpc) is 2.77. The lowest BCUT2D eigenvalue weighted by atomic mass is 9.69. The smallest absolute Gasteiger partial charge is 0.337 e. The summed E-state index contributed by atoms with van der Waals surface area (Å²) in [5.74, 6) is -2.66. The van der Waals surface area contributed by atoms with Crippen LogP contribution in [0.4, 0.5) is 0 Å². The maximum Gasteiger partial charge on any atom is 0.337 e. The van der Waals surface area contributed by atoms with Gasteiger partial charge >= 0.3 is 11.9 Å². The molecule has 0 saturated carbocycles. The largest absolute Gasteiger partial charge is 0.493 e. The van der Waals surface area contributed by atoms with Gasteiger partial charge in [-0.2, -0.15) is 0 Å². The third-order valence-electron chi connectivity index (χ3n) is 6.29. The number of para-hydroxylation sites is 1. The van der Waals surface area contributed by atoms with Gasteiger partial charge in [0.1, 0.15) is 11.7 Å². The van der Waals surface area contributed by atoms with Crippen LogP contribution in [0, 0.1) is 11.8 Å². The molecule has 0 amide bonds. The zero-order valence-corrected chi connectivity index (χ0v) is 20.9. The molecule has 0 spiro atoms. The quantitative estimate of drug-likeness (QED) is 0.342. The summed E-state index contributed by atoms with van der Waals surface area (Å²) in [6.07, 6.45) is 2.02. The molecule has 1 aromatic carbocycles. The maximum atomic E-state index is 13.8. The third-order valence-corrected chi connectivity index (χ3v) is 6.29. The fourth-order valence-corrected chi connectivity index (χ4v) is 4.72. The Kier molecular flexibility index (Phi) is 8.18. The van der Waals surface area contributed by atoms with Crippen LogP contribution in [0.1, 0.15) is 65.4 Å². The van der Waals surface area contributed by atoms with Gasteiger partial charge in [0.2, 0.25) is 0 Å². The summed E-state index contributed by atoms with van der Waals surface area (Å²) in [5, 5.41) is 3.28. The minimum atomic E-state index is -0.929. The van der Waals surface area contributed by atoms with Crippen LogP contribution in [0.3, 0.4) is 0 Å². The van der Waals surface area contributed by atoms with E-state index in [2.05, 4.69) is 12.2 Å². The highest BCUT2D eigenvalue weighted by molar-refractivity contribution is 6.12. The molecule has 1 aromatic rings. The van der Waals surface area contributed by atoms with E-state index in [0.717, 1.165) is 18.5 Å². The van der Waals surface area contributed by atoms with Crippen LogP contribution >= 0.6 is 0 Å². The van der Waals surface area contributed by atoms with E-state index in [9.17, 15) is 14.4 Å². The number of unbranched alkanes of at least 4 members (excludes halogenated alkanes) is 1. The van der Waals surface area contributed by atoms with Gasteiger partial charge < -0.3 is 19.5 Å². The Hall–Kier alpha value is -3.09. The first-order chi connectivity index (χ1) is 16.2. The number of nitrogens with one attached hydrogen (secondary N) is 1. The number of carbonyl (C=O) groups is 3. The fraction of sp³-hybridized carbons (Fsp3) is 0.519. The first-order valence-electron chi connectivity index (χ1n) is 12.0. The summed E-state index contributed by atoms with van der Waals surface area (Å²) < 4.78 is 16.6. The molecule has 7 heteroatoms. The second kappa shape index (κ2) is 10.9. The Morgan fingerprint density at radius 2 is 1.91 bits per heavy atom. The summed E-state index contributed by atoms with van der Waals surface area (Å²) >= 11 is 0. The minimum Gasteiger partial charge on any atom is -0.493 e. The minimum absolute atomic E-state index is 0.236. The average molecular weight is 470 g/mol. The topological polar surface area (TPSA) is 90.9 Å². The monoisotopic (exact) mass is 469 g/mol. The van der Waals surface area contributed by atoms with Crippen molar-refractivity contribution in [3.05, 3.63) is 52.4 Å². The lowest BCUT2D eigenvalue weighted by Crippen LogP contribution is -2.43. The van der Waals surface area contributed by atoms with Crippen molar-refractivity contribution in [2.75, 3.05) is 13.7 Å². The fourth-order valence-electron chi connectivity index (χ4n) is 4.72. The first-order valence-corrected chi connectivity index (χ1v) is 12.0. The molecular weight excluding hydrogens is 434 g/mol. The number of ketones is 1. The van der Waals surface area contributed by atoms with Gasteiger partial charge in [0.25, 0.3) is 0 Å².